The molecule has 0 spiro atoms. The number of aromatic nitrogens is 2. The molecule has 3 aromatic rings. The fraction of sp³-hybridized carbons (Fsp3) is 0.350. The van der Waals surface area contributed by atoms with Crippen LogP contribution >= 0.6 is 22.9 Å². The van der Waals surface area contributed by atoms with Crippen LogP contribution < -0.4 is 5.31 Å². The van der Waals surface area contributed by atoms with E-state index in [0.717, 1.165) is 24.6 Å². The lowest BCUT2D eigenvalue weighted by atomic mass is 10.0. The number of hydrogen-bond donors (Lipinski definition) is 1. The van der Waals surface area contributed by atoms with Gasteiger partial charge < -0.3 is 5.31 Å². The minimum absolute atomic E-state index is 0.00283. The van der Waals surface area contributed by atoms with Crippen molar-refractivity contribution in [1.82, 2.24) is 14.9 Å². The fourth-order valence-corrected chi connectivity index (χ4v) is 3.48. The summed E-state index contributed by atoms with van der Waals surface area (Å²) in [5, 5.41) is 9.43. The largest absolute Gasteiger partial charge is 0.367 e. The van der Waals surface area contributed by atoms with E-state index in [1.165, 1.54) is 6.07 Å². The van der Waals surface area contributed by atoms with Gasteiger partial charge >= 0.3 is 0 Å². The number of halogens is 2. The maximum Gasteiger partial charge on any atom is 0.162 e. The van der Waals surface area contributed by atoms with Gasteiger partial charge in [-0.25, -0.2) is 14.4 Å². The van der Waals surface area contributed by atoms with Crippen LogP contribution in [-0.2, 0) is 6.50 Å². The molecular weight excluding hydrogens is 397 g/mol. The molecule has 2 aromatic heterocycles. The molecule has 4 rings (SSSR count). The molecule has 144 valence electrons. The van der Waals surface area contributed by atoms with Crippen LogP contribution in [0.1, 0.15) is 43.1 Å². The van der Waals surface area contributed by atoms with Crippen LogP contribution in [0.15, 0.2) is 24.5 Å². The van der Waals surface area contributed by atoms with Crippen molar-refractivity contribution in [3.63, 3.8) is 0 Å². The van der Waals surface area contributed by atoms with Gasteiger partial charge in [0.2, 0.25) is 0 Å². The zero-order valence-electron chi connectivity index (χ0n) is 25.4. The van der Waals surface area contributed by atoms with Crippen molar-refractivity contribution in [1.29, 1.82) is 5.26 Å². The van der Waals surface area contributed by atoms with Crippen molar-refractivity contribution < 1.29 is 19.5 Å². The number of hydrogen-bond acceptors (Lipinski definition) is 6. The standard InChI is InChI=1S/C20H19ClFN5S/c1-12-6-13(7-14(9-23)18(12)22)10-27-4-2-15(3-5-27)26-19-16-8-17(21)28-20(16)25-11-24-19/h6-8,11,15H,2-5,10H2,1H3,(H,24,25,26)/i2D2,3D2,6D,7D,8D,10D2,15D/hD. The maximum atomic E-state index is 14.5. The molecule has 1 aliphatic heterocycles. The second-order valence-electron chi connectivity index (χ2n) is 5.71. The first-order valence-electron chi connectivity index (χ1n) is 13.4. The summed E-state index contributed by atoms with van der Waals surface area (Å²) in [5.74, 6) is -1.60. The Morgan fingerprint density at radius 1 is 1.54 bits per heavy atom. The zero-order valence-corrected chi connectivity index (χ0v) is 16.0. The zero-order chi connectivity index (χ0) is 29.5. The van der Waals surface area contributed by atoms with E-state index in [1.807, 2.05) is 0 Å². The average molecular weight is 427 g/mol. The molecule has 1 aromatic carbocycles. The molecule has 0 atom stereocenters. The topological polar surface area (TPSA) is 64.8 Å². The number of nitrogens with one attached hydrogen (secondary N) is 1. The van der Waals surface area contributed by atoms with Gasteiger partial charge in [0.25, 0.3) is 0 Å². The van der Waals surface area contributed by atoms with Crippen LogP contribution in [0.2, 0.25) is 5.75 Å². The first-order chi connectivity index (χ1) is 17.8. The van der Waals surface area contributed by atoms with Crippen LogP contribution in [-0.4, -0.2) is 34.0 Å². The Bertz CT molecular complexity index is 1520. The second kappa shape index (κ2) is 8.00. The summed E-state index contributed by atoms with van der Waals surface area (Å²) in [6.07, 6.45) is -5.02. The molecule has 0 bridgehead atoms. The van der Waals surface area contributed by atoms with E-state index in [0.29, 0.717) is 4.90 Å². The van der Waals surface area contributed by atoms with Crippen LogP contribution in [0, 0.1) is 24.1 Å². The van der Waals surface area contributed by atoms with Crippen molar-refractivity contribution in [2.45, 2.75) is 32.2 Å². The molecular formula is C20H19ClFN5S. The lowest BCUT2D eigenvalue weighted by Gasteiger charge is -2.32. The summed E-state index contributed by atoms with van der Waals surface area (Å²) in [4.78, 5) is 8.67. The van der Waals surface area contributed by atoms with Crippen LogP contribution in [0.3, 0.4) is 0 Å². The maximum absolute atomic E-state index is 14.5. The van der Waals surface area contributed by atoms with Gasteiger partial charge in [-0.15, -0.1) is 11.3 Å². The van der Waals surface area contributed by atoms with Gasteiger partial charge in [-0.3, -0.25) is 4.90 Å². The SMILES string of the molecule is [2H]c1c(C)c(F)c(C#N)c([2H])c1C([2H])([2H])N1CC([2H])([2H])C([2H])(N([2H])c2ncnc3sc(Cl)c([2H])c23)C([2H])([2H])C1. The molecule has 3 heterocycles. The quantitative estimate of drug-likeness (QED) is 0.652. The lowest BCUT2D eigenvalue weighted by Crippen LogP contribution is -2.38. The number of nitriles is 1. The Kier molecular flexibility index (Phi) is 2.85. The number of benzene rings is 1. The molecule has 1 aliphatic rings. The van der Waals surface area contributed by atoms with Gasteiger partial charge in [-0.2, -0.15) is 5.26 Å². The van der Waals surface area contributed by atoms with E-state index in [4.69, 9.17) is 26.7 Å². The lowest BCUT2D eigenvalue weighted by molar-refractivity contribution is 0.211. The number of fused-ring (bicyclic) bond motifs is 1. The van der Waals surface area contributed by atoms with E-state index < -0.39 is 78.8 Å². The average Bonchev–Trinajstić information content (AvgIpc) is 3.13. The smallest absolute Gasteiger partial charge is 0.162 e. The van der Waals surface area contributed by atoms with Crippen LogP contribution in [0.5, 0.6) is 0 Å². The first-order valence-corrected chi connectivity index (χ1v) is 9.18. The van der Waals surface area contributed by atoms with E-state index in [1.54, 1.807) is 0 Å². The Hall–Kier alpha value is -2.27. The fourth-order valence-electron chi connectivity index (χ4n) is 2.50. The Morgan fingerprint density at radius 3 is 3.07 bits per heavy atom. The molecule has 1 saturated heterocycles. The number of anilines is 1. The van der Waals surface area contributed by atoms with E-state index in [9.17, 15) is 9.65 Å². The molecule has 1 N–H and O–H groups in total. The summed E-state index contributed by atoms with van der Waals surface area (Å²) in [7, 11) is 0. The molecule has 1 fully saturated rings. The van der Waals surface area contributed by atoms with Crippen molar-refractivity contribution in [3.8, 4) is 6.07 Å². The molecule has 0 radical (unpaired) electrons. The van der Waals surface area contributed by atoms with E-state index in [2.05, 4.69) is 9.97 Å². The summed E-state index contributed by atoms with van der Waals surface area (Å²) >= 11 is 6.91. The Labute approximate surface area is 187 Å². The molecule has 0 saturated carbocycles. The highest BCUT2D eigenvalue weighted by atomic mass is 35.5. The van der Waals surface area contributed by atoms with Crippen molar-refractivity contribution in [3.05, 3.63) is 51.3 Å². The molecule has 5 nitrogen and oxygen atoms in total. The Balaban J connectivity index is 1.84. The number of rotatable bonds is 4. The third-order valence-corrected chi connectivity index (χ3v) is 4.90. The summed E-state index contributed by atoms with van der Waals surface area (Å²) in [6.45, 7) is -3.83. The summed E-state index contributed by atoms with van der Waals surface area (Å²) in [5.41, 5.74) is -1.98. The second-order valence-corrected chi connectivity index (χ2v) is 7.31. The van der Waals surface area contributed by atoms with Crippen molar-refractivity contribution in [2.75, 3.05) is 18.4 Å². The van der Waals surface area contributed by atoms with E-state index in [-0.39, 0.29) is 25.9 Å². The summed E-state index contributed by atoms with van der Waals surface area (Å²) in [6, 6.07) is -3.54. The molecule has 28 heavy (non-hydrogen) atoms. The van der Waals surface area contributed by atoms with Gasteiger partial charge in [0.15, 0.2) is 1.41 Å². The van der Waals surface area contributed by atoms with Crippen molar-refractivity contribution >= 4 is 39.0 Å². The van der Waals surface area contributed by atoms with Gasteiger partial charge in [-0.05, 0) is 42.9 Å². The predicted molar refractivity (Wildman–Crippen MR) is 110 cm³/mol. The molecule has 0 unspecified atom stereocenters. The highest BCUT2D eigenvalue weighted by Gasteiger charge is 2.21. The van der Waals surface area contributed by atoms with Gasteiger partial charge in [0.1, 0.15) is 28.9 Å². The number of thiophene rings is 1. The molecule has 8 heteroatoms. The molecule has 0 aliphatic carbocycles. The Morgan fingerprint density at radius 2 is 2.32 bits per heavy atom. The highest BCUT2D eigenvalue weighted by molar-refractivity contribution is 7.22. The van der Waals surface area contributed by atoms with E-state index >= 15 is 0 Å². The first kappa shape index (κ1) is 9.97. The third kappa shape index (κ3) is 3.95. The van der Waals surface area contributed by atoms with Crippen molar-refractivity contribution in [2.24, 2.45) is 0 Å². The monoisotopic (exact) mass is 426 g/mol. The van der Waals surface area contributed by atoms with Crippen LogP contribution in [0.25, 0.3) is 10.2 Å². The predicted octanol–water partition coefficient (Wildman–Crippen LogP) is 4.74. The van der Waals surface area contributed by atoms with Gasteiger partial charge in [0, 0.05) is 33.8 Å². The summed E-state index contributed by atoms with van der Waals surface area (Å²) < 4.78 is 109. The molecule has 0 amide bonds. The van der Waals surface area contributed by atoms with Gasteiger partial charge in [0.05, 0.1) is 20.8 Å². The highest BCUT2D eigenvalue weighted by Crippen LogP contribution is 2.32. The van der Waals surface area contributed by atoms with Gasteiger partial charge in [-0.1, -0.05) is 17.6 Å². The number of nitrogens with zero attached hydrogens (tertiary/aromatic N) is 4. The number of likely N-dealkylation sites (tertiary alicyclic amines) is 1. The van der Waals surface area contributed by atoms with Crippen LogP contribution in [0.4, 0.5) is 10.2 Å². The number of piperidine rings is 1. The minimum atomic E-state index is -3.06. The minimum Gasteiger partial charge on any atom is -0.367 e. The third-order valence-electron chi connectivity index (χ3n) is 3.79. The normalized spacial score (nSPS) is 26.6.